The molecule has 0 aromatic heterocycles. The zero-order valence-electron chi connectivity index (χ0n) is 12.7. The van der Waals surface area contributed by atoms with E-state index in [0.717, 1.165) is 23.1 Å². The van der Waals surface area contributed by atoms with Gasteiger partial charge < -0.3 is 14.7 Å². The van der Waals surface area contributed by atoms with Crippen LogP contribution in [0.5, 0.6) is 5.75 Å². The number of carbonyl (C=O) groups excluding carboxylic acids is 1. The third-order valence-electron chi connectivity index (χ3n) is 3.43. The average Bonchev–Trinajstić information content (AvgIpc) is 2.47. The number of aliphatic hydroxyl groups excluding tert-OH is 1. The molecule has 1 rings (SSSR count). The van der Waals surface area contributed by atoms with Crippen molar-refractivity contribution in [2.24, 2.45) is 0 Å². The van der Waals surface area contributed by atoms with Gasteiger partial charge in [0.05, 0.1) is 19.6 Å². The molecule has 0 saturated carbocycles. The number of benzene rings is 1. The Morgan fingerprint density at radius 3 is 2.67 bits per heavy atom. The molecule has 0 saturated heterocycles. The number of amides is 1. The summed E-state index contributed by atoms with van der Waals surface area (Å²) in [4.78, 5) is 14.0. The largest absolute Gasteiger partial charge is 0.493 e. The lowest BCUT2D eigenvalue weighted by Gasteiger charge is -2.30. The van der Waals surface area contributed by atoms with E-state index in [2.05, 4.69) is 29.8 Å². The van der Waals surface area contributed by atoms with Crippen LogP contribution >= 0.6 is 15.9 Å². The summed E-state index contributed by atoms with van der Waals surface area (Å²) >= 11 is 3.38. The average molecular weight is 358 g/mol. The van der Waals surface area contributed by atoms with E-state index in [4.69, 9.17) is 9.84 Å². The van der Waals surface area contributed by atoms with Crippen molar-refractivity contribution in [3.8, 4) is 5.75 Å². The molecule has 0 aliphatic rings. The van der Waals surface area contributed by atoms with Crippen molar-refractivity contribution in [1.29, 1.82) is 0 Å². The molecule has 0 heterocycles. The molecule has 0 atom stereocenters. The van der Waals surface area contributed by atoms with Gasteiger partial charge >= 0.3 is 0 Å². The number of halogens is 1. The highest BCUT2D eigenvalue weighted by atomic mass is 79.9. The van der Waals surface area contributed by atoms with E-state index >= 15 is 0 Å². The highest BCUT2D eigenvalue weighted by Gasteiger charge is 2.20. The monoisotopic (exact) mass is 357 g/mol. The van der Waals surface area contributed by atoms with Gasteiger partial charge in [-0.15, -0.1) is 0 Å². The molecule has 0 bridgehead atoms. The molecular formula is C16H24BrNO3. The second-order valence-corrected chi connectivity index (χ2v) is 5.75. The van der Waals surface area contributed by atoms with Crippen LogP contribution in [0, 0.1) is 0 Å². The van der Waals surface area contributed by atoms with Crippen molar-refractivity contribution in [2.45, 2.75) is 39.2 Å². The second kappa shape index (κ2) is 9.79. The zero-order chi connectivity index (χ0) is 15.7. The van der Waals surface area contributed by atoms with Crippen LogP contribution in [0.3, 0.4) is 0 Å². The number of carbonyl (C=O) groups is 1. The molecule has 4 nitrogen and oxygen atoms in total. The molecule has 0 fully saturated rings. The summed E-state index contributed by atoms with van der Waals surface area (Å²) in [6.07, 6.45) is 2.12. The van der Waals surface area contributed by atoms with E-state index < -0.39 is 0 Å². The van der Waals surface area contributed by atoms with Crippen molar-refractivity contribution in [3.63, 3.8) is 0 Å². The first-order chi connectivity index (χ1) is 10.1. The van der Waals surface area contributed by atoms with E-state index in [1.807, 2.05) is 24.3 Å². The van der Waals surface area contributed by atoms with Crippen molar-refractivity contribution >= 4 is 21.8 Å². The summed E-state index contributed by atoms with van der Waals surface area (Å²) in [6, 6.07) is 7.74. The Labute approximate surface area is 135 Å². The molecule has 118 valence electrons. The lowest BCUT2D eigenvalue weighted by atomic mass is 10.1. The second-order valence-electron chi connectivity index (χ2n) is 4.84. The molecule has 1 aromatic carbocycles. The number of hydrogen-bond donors (Lipinski definition) is 1. The Hall–Kier alpha value is -1.07. The third-order valence-corrected chi connectivity index (χ3v) is 3.92. The standard InChI is InChI=1S/C16H24BrNO3/c1-3-14(4-2)18(9-10-19)16(20)8-11-21-15-7-5-6-13(17)12-15/h5-7,12,14,19H,3-4,8-11H2,1-2H3. The topological polar surface area (TPSA) is 49.8 Å². The molecule has 0 unspecified atom stereocenters. The number of hydrogen-bond acceptors (Lipinski definition) is 3. The van der Waals surface area contributed by atoms with E-state index in [-0.39, 0.29) is 18.6 Å². The zero-order valence-corrected chi connectivity index (χ0v) is 14.3. The predicted molar refractivity (Wildman–Crippen MR) is 87.4 cm³/mol. The van der Waals surface area contributed by atoms with Gasteiger partial charge in [-0.2, -0.15) is 0 Å². The summed E-state index contributed by atoms with van der Waals surface area (Å²) in [5.74, 6) is 0.779. The molecule has 21 heavy (non-hydrogen) atoms. The fourth-order valence-corrected chi connectivity index (χ4v) is 2.68. The lowest BCUT2D eigenvalue weighted by molar-refractivity contribution is -0.134. The van der Waals surface area contributed by atoms with Gasteiger partial charge in [0.1, 0.15) is 5.75 Å². The van der Waals surface area contributed by atoms with Crippen molar-refractivity contribution in [2.75, 3.05) is 19.8 Å². The minimum atomic E-state index is -0.00523. The van der Waals surface area contributed by atoms with Gasteiger partial charge in [-0.3, -0.25) is 4.79 Å². The summed E-state index contributed by atoms with van der Waals surface area (Å²) in [5, 5.41) is 9.13. The van der Waals surface area contributed by atoms with Gasteiger partial charge in [0, 0.05) is 17.1 Å². The van der Waals surface area contributed by atoms with Crippen LogP contribution in [-0.2, 0) is 4.79 Å². The maximum absolute atomic E-state index is 12.3. The minimum absolute atomic E-state index is 0.00523. The molecule has 1 aromatic rings. The van der Waals surface area contributed by atoms with Crippen LogP contribution in [0.25, 0.3) is 0 Å². The summed E-state index contributed by atoms with van der Waals surface area (Å²) < 4.78 is 6.54. The Morgan fingerprint density at radius 2 is 2.10 bits per heavy atom. The molecule has 0 aliphatic heterocycles. The Bertz CT molecular complexity index is 435. The summed E-state index contributed by atoms with van der Waals surface area (Å²) in [6.45, 7) is 4.85. The first kappa shape index (κ1) is 18.0. The fourth-order valence-electron chi connectivity index (χ4n) is 2.30. The molecule has 0 spiro atoms. The number of aliphatic hydroxyl groups is 1. The quantitative estimate of drug-likeness (QED) is 0.737. The van der Waals surface area contributed by atoms with Gasteiger partial charge in [0.25, 0.3) is 0 Å². The van der Waals surface area contributed by atoms with Crippen LogP contribution in [0.2, 0.25) is 0 Å². The number of nitrogens with zero attached hydrogens (tertiary/aromatic N) is 1. The Morgan fingerprint density at radius 1 is 1.38 bits per heavy atom. The highest BCUT2D eigenvalue weighted by Crippen LogP contribution is 2.18. The van der Waals surface area contributed by atoms with Crippen molar-refractivity contribution < 1.29 is 14.6 Å². The SMILES string of the molecule is CCC(CC)N(CCO)C(=O)CCOc1cccc(Br)c1. The number of ether oxygens (including phenoxy) is 1. The molecule has 5 heteroatoms. The van der Waals surface area contributed by atoms with Crippen LogP contribution in [-0.4, -0.2) is 41.7 Å². The van der Waals surface area contributed by atoms with E-state index in [0.29, 0.717) is 19.6 Å². The van der Waals surface area contributed by atoms with Gasteiger partial charge in [-0.25, -0.2) is 0 Å². The third kappa shape index (κ3) is 6.06. The maximum Gasteiger partial charge on any atom is 0.226 e. The van der Waals surface area contributed by atoms with Crippen molar-refractivity contribution in [3.05, 3.63) is 28.7 Å². The number of rotatable bonds is 9. The van der Waals surface area contributed by atoms with E-state index in [9.17, 15) is 4.79 Å². The van der Waals surface area contributed by atoms with Crippen LogP contribution in [0.15, 0.2) is 28.7 Å². The van der Waals surface area contributed by atoms with Gasteiger partial charge in [-0.1, -0.05) is 35.8 Å². The lowest BCUT2D eigenvalue weighted by Crippen LogP contribution is -2.42. The Kier molecular flexibility index (Phi) is 8.38. The van der Waals surface area contributed by atoms with Gasteiger partial charge in [-0.05, 0) is 31.0 Å². The van der Waals surface area contributed by atoms with Gasteiger partial charge in [0.2, 0.25) is 5.91 Å². The van der Waals surface area contributed by atoms with Crippen LogP contribution in [0.4, 0.5) is 0 Å². The molecule has 1 amide bonds. The molecule has 0 aliphatic carbocycles. The highest BCUT2D eigenvalue weighted by molar-refractivity contribution is 9.10. The normalized spacial score (nSPS) is 10.7. The molecular weight excluding hydrogens is 334 g/mol. The van der Waals surface area contributed by atoms with E-state index in [1.165, 1.54) is 0 Å². The van der Waals surface area contributed by atoms with Crippen LogP contribution in [0.1, 0.15) is 33.1 Å². The summed E-state index contributed by atoms with van der Waals surface area (Å²) in [7, 11) is 0. The minimum Gasteiger partial charge on any atom is -0.493 e. The van der Waals surface area contributed by atoms with E-state index in [1.54, 1.807) is 4.90 Å². The Balaban J connectivity index is 2.49. The molecule has 1 N–H and O–H groups in total. The molecule has 0 radical (unpaired) electrons. The fraction of sp³-hybridized carbons (Fsp3) is 0.562. The first-order valence-corrected chi connectivity index (χ1v) is 8.20. The van der Waals surface area contributed by atoms with Gasteiger partial charge in [0.15, 0.2) is 0 Å². The first-order valence-electron chi connectivity index (χ1n) is 7.41. The summed E-state index contributed by atoms with van der Waals surface area (Å²) in [5.41, 5.74) is 0. The van der Waals surface area contributed by atoms with Crippen LogP contribution < -0.4 is 4.74 Å². The predicted octanol–water partition coefficient (Wildman–Crippen LogP) is 3.23. The smallest absolute Gasteiger partial charge is 0.226 e. The van der Waals surface area contributed by atoms with Crippen molar-refractivity contribution in [1.82, 2.24) is 4.90 Å². The maximum atomic E-state index is 12.3.